The van der Waals surface area contributed by atoms with Gasteiger partial charge in [0.05, 0.1) is 11.8 Å². The van der Waals surface area contributed by atoms with E-state index in [1.807, 2.05) is 31.2 Å². The van der Waals surface area contributed by atoms with Crippen molar-refractivity contribution in [3.8, 4) is 11.5 Å². The molecule has 1 amide bonds. The van der Waals surface area contributed by atoms with Crippen molar-refractivity contribution >= 4 is 34.0 Å². The molecule has 0 bridgehead atoms. The lowest BCUT2D eigenvalue weighted by Gasteiger charge is -2.05. The summed E-state index contributed by atoms with van der Waals surface area (Å²) in [6.45, 7) is 1.81. The first kappa shape index (κ1) is 21.3. The van der Waals surface area contributed by atoms with Gasteiger partial charge in [0, 0.05) is 4.47 Å². The van der Waals surface area contributed by atoms with Crippen molar-refractivity contribution in [2.75, 3.05) is 6.61 Å². The summed E-state index contributed by atoms with van der Waals surface area (Å²) in [5.41, 5.74) is 4.69. The van der Waals surface area contributed by atoms with E-state index in [9.17, 15) is 9.59 Å². The van der Waals surface area contributed by atoms with E-state index in [0.29, 0.717) is 17.1 Å². The zero-order valence-corrected chi connectivity index (χ0v) is 17.8. The highest BCUT2D eigenvalue weighted by atomic mass is 79.9. The van der Waals surface area contributed by atoms with Gasteiger partial charge < -0.3 is 9.47 Å². The van der Waals surface area contributed by atoms with Gasteiger partial charge in [-0.1, -0.05) is 33.6 Å². The third kappa shape index (κ3) is 6.56. The fraction of sp³-hybridized carbons (Fsp3) is 0.0870. The Balaban J connectivity index is 1.45. The number of carbonyl (C=O) groups is 2. The van der Waals surface area contributed by atoms with E-state index >= 15 is 0 Å². The minimum absolute atomic E-state index is 0.146. The molecule has 7 heteroatoms. The number of amides is 1. The van der Waals surface area contributed by atoms with Gasteiger partial charge in [0.2, 0.25) is 0 Å². The standard InChI is InChI=1S/C23H19BrN2O4/c1-16-2-6-18(7-3-16)23(28)30-21-10-4-17(5-11-21)14-25-26-22(27)15-29-20-12-8-19(24)9-13-20/h2-14H,15H2,1H3,(H,26,27). The van der Waals surface area contributed by atoms with Crippen molar-refractivity contribution in [3.05, 3.63) is 94.0 Å². The molecule has 0 aliphatic rings. The van der Waals surface area contributed by atoms with Crippen LogP contribution in [-0.4, -0.2) is 24.7 Å². The number of aryl methyl sites for hydroxylation is 1. The van der Waals surface area contributed by atoms with Crippen LogP contribution in [-0.2, 0) is 4.79 Å². The topological polar surface area (TPSA) is 77.0 Å². The molecule has 152 valence electrons. The van der Waals surface area contributed by atoms with Crippen molar-refractivity contribution in [2.24, 2.45) is 5.10 Å². The van der Waals surface area contributed by atoms with Crippen LogP contribution in [0, 0.1) is 6.92 Å². The maximum absolute atomic E-state index is 12.1. The van der Waals surface area contributed by atoms with E-state index in [1.165, 1.54) is 6.21 Å². The Kier molecular flexibility index (Phi) is 7.34. The van der Waals surface area contributed by atoms with Crippen LogP contribution in [0.4, 0.5) is 0 Å². The molecular weight excluding hydrogens is 448 g/mol. The summed E-state index contributed by atoms with van der Waals surface area (Å²) in [7, 11) is 0. The lowest BCUT2D eigenvalue weighted by atomic mass is 10.1. The number of ether oxygens (including phenoxy) is 2. The number of halogens is 1. The molecule has 0 aliphatic heterocycles. The van der Waals surface area contributed by atoms with Crippen LogP contribution in [0.5, 0.6) is 11.5 Å². The molecule has 0 aliphatic carbocycles. The molecule has 0 spiro atoms. The molecule has 0 heterocycles. The van der Waals surface area contributed by atoms with Gasteiger partial charge in [-0.2, -0.15) is 5.10 Å². The highest BCUT2D eigenvalue weighted by Crippen LogP contribution is 2.16. The summed E-state index contributed by atoms with van der Waals surface area (Å²) in [6.07, 6.45) is 1.49. The molecular formula is C23H19BrN2O4. The second kappa shape index (κ2) is 10.4. The molecule has 3 aromatic rings. The molecule has 0 saturated carbocycles. The average Bonchev–Trinajstić information content (AvgIpc) is 2.75. The molecule has 0 radical (unpaired) electrons. The third-order valence-electron chi connectivity index (χ3n) is 3.96. The molecule has 6 nitrogen and oxygen atoms in total. The summed E-state index contributed by atoms with van der Waals surface area (Å²) in [5, 5.41) is 3.89. The Morgan fingerprint density at radius 1 is 0.933 bits per heavy atom. The number of hydrogen-bond acceptors (Lipinski definition) is 5. The number of hydrogen-bond donors (Lipinski definition) is 1. The first-order chi connectivity index (χ1) is 14.5. The molecule has 0 unspecified atom stereocenters. The number of nitrogens with one attached hydrogen (secondary N) is 1. The van der Waals surface area contributed by atoms with E-state index in [0.717, 1.165) is 15.6 Å². The number of rotatable bonds is 7. The molecule has 0 fully saturated rings. The van der Waals surface area contributed by atoms with Crippen molar-refractivity contribution in [1.82, 2.24) is 5.43 Å². The third-order valence-corrected chi connectivity index (χ3v) is 4.49. The lowest BCUT2D eigenvalue weighted by Crippen LogP contribution is -2.24. The van der Waals surface area contributed by atoms with Crippen LogP contribution in [0.1, 0.15) is 21.5 Å². The quantitative estimate of drug-likeness (QED) is 0.240. The average molecular weight is 467 g/mol. The first-order valence-corrected chi connectivity index (χ1v) is 9.88. The van der Waals surface area contributed by atoms with Gasteiger partial charge in [0.1, 0.15) is 11.5 Å². The second-order valence-corrected chi connectivity index (χ2v) is 7.28. The molecule has 3 aromatic carbocycles. The van der Waals surface area contributed by atoms with Gasteiger partial charge in [-0.25, -0.2) is 10.2 Å². The Labute approximate surface area is 182 Å². The molecule has 1 N–H and O–H groups in total. The van der Waals surface area contributed by atoms with Crippen molar-refractivity contribution < 1.29 is 19.1 Å². The van der Waals surface area contributed by atoms with Crippen molar-refractivity contribution in [3.63, 3.8) is 0 Å². The molecule has 0 atom stereocenters. The SMILES string of the molecule is Cc1ccc(C(=O)Oc2ccc(C=NNC(=O)COc3ccc(Br)cc3)cc2)cc1. The van der Waals surface area contributed by atoms with Crippen LogP contribution in [0.25, 0.3) is 0 Å². The van der Waals surface area contributed by atoms with E-state index in [2.05, 4.69) is 26.5 Å². The van der Waals surface area contributed by atoms with Gasteiger partial charge in [-0.15, -0.1) is 0 Å². The lowest BCUT2D eigenvalue weighted by molar-refractivity contribution is -0.123. The number of hydrazone groups is 1. The Hall–Kier alpha value is -3.45. The van der Waals surface area contributed by atoms with Gasteiger partial charge >= 0.3 is 5.97 Å². The predicted octanol–water partition coefficient (Wildman–Crippen LogP) is 4.51. The Morgan fingerprint density at radius 3 is 2.23 bits per heavy atom. The number of esters is 1. The summed E-state index contributed by atoms with van der Waals surface area (Å²) in [5.74, 6) is 0.213. The van der Waals surface area contributed by atoms with Gasteiger partial charge in [-0.05, 0) is 73.2 Å². The predicted molar refractivity (Wildman–Crippen MR) is 118 cm³/mol. The van der Waals surface area contributed by atoms with E-state index in [-0.39, 0.29) is 12.5 Å². The van der Waals surface area contributed by atoms with E-state index in [4.69, 9.17) is 9.47 Å². The zero-order valence-electron chi connectivity index (χ0n) is 16.2. The minimum atomic E-state index is -0.422. The van der Waals surface area contributed by atoms with Crippen LogP contribution in [0.15, 0.2) is 82.4 Å². The Bertz CT molecular complexity index is 1030. The maximum Gasteiger partial charge on any atom is 0.343 e. The highest BCUT2D eigenvalue weighted by molar-refractivity contribution is 9.10. The van der Waals surface area contributed by atoms with Gasteiger partial charge in [0.25, 0.3) is 5.91 Å². The zero-order chi connectivity index (χ0) is 21.3. The summed E-state index contributed by atoms with van der Waals surface area (Å²) < 4.78 is 11.6. The normalized spacial score (nSPS) is 10.6. The van der Waals surface area contributed by atoms with E-state index < -0.39 is 5.97 Å². The van der Waals surface area contributed by atoms with Crippen molar-refractivity contribution in [2.45, 2.75) is 6.92 Å². The number of benzene rings is 3. The van der Waals surface area contributed by atoms with Crippen LogP contribution in [0.2, 0.25) is 0 Å². The molecule has 0 aromatic heterocycles. The largest absolute Gasteiger partial charge is 0.484 e. The van der Waals surface area contributed by atoms with Gasteiger partial charge in [-0.3, -0.25) is 4.79 Å². The summed E-state index contributed by atoms with van der Waals surface area (Å²) in [6, 6.07) is 21.1. The molecule has 3 rings (SSSR count). The molecule has 30 heavy (non-hydrogen) atoms. The van der Waals surface area contributed by atoms with Crippen molar-refractivity contribution in [1.29, 1.82) is 0 Å². The number of nitrogens with zero attached hydrogens (tertiary/aromatic N) is 1. The smallest absolute Gasteiger partial charge is 0.343 e. The highest BCUT2D eigenvalue weighted by Gasteiger charge is 2.08. The molecule has 0 saturated heterocycles. The minimum Gasteiger partial charge on any atom is -0.484 e. The summed E-state index contributed by atoms with van der Waals surface area (Å²) in [4.78, 5) is 23.9. The van der Waals surface area contributed by atoms with Crippen LogP contribution >= 0.6 is 15.9 Å². The van der Waals surface area contributed by atoms with Crippen LogP contribution < -0.4 is 14.9 Å². The van der Waals surface area contributed by atoms with Gasteiger partial charge in [0.15, 0.2) is 6.61 Å². The van der Waals surface area contributed by atoms with Crippen LogP contribution in [0.3, 0.4) is 0 Å². The summed E-state index contributed by atoms with van der Waals surface area (Å²) >= 11 is 3.33. The Morgan fingerprint density at radius 2 is 1.57 bits per heavy atom. The van der Waals surface area contributed by atoms with E-state index in [1.54, 1.807) is 48.5 Å². The maximum atomic E-state index is 12.1. The number of carbonyl (C=O) groups excluding carboxylic acids is 2. The fourth-order valence-electron chi connectivity index (χ4n) is 2.37. The monoisotopic (exact) mass is 466 g/mol. The fourth-order valence-corrected chi connectivity index (χ4v) is 2.63. The second-order valence-electron chi connectivity index (χ2n) is 6.36. The first-order valence-electron chi connectivity index (χ1n) is 9.09.